The molecule has 0 spiro atoms. The second-order valence-corrected chi connectivity index (χ2v) is 2.82. The molecule has 90 valence electrons. The Bertz CT molecular complexity index is 482. The zero-order valence-corrected chi connectivity index (χ0v) is 8.61. The molecule has 0 aliphatic carbocycles. The number of esters is 1. The van der Waals surface area contributed by atoms with Gasteiger partial charge in [0.15, 0.2) is 5.75 Å². The first-order valence-corrected chi connectivity index (χ1v) is 4.30. The lowest BCUT2D eigenvalue weighted by molar-refractivity contribution is -0.0506. The van der Waals surface area contributed by atoms with Gasteiger partial charge >= 0.3 is 12.6 Å². The minimum Gasteiger partial charge on any atom is -0.507 e. The van der Waals surface area contributed by atoms with Gasteiger partial charge in [-0.3, -0.25) is 0 Å². The zero-order valence-electron chi connectivity index (χ0n) is 8.61. The Kier molecular flexibility index (Phi) is 3.82. The molecule has 0 bridgehead atoms. The van der Waals surface area contributed by atoms with Gasteiger partial charge in [-0.25, -0.2) is 4.79 Å². The Balaban J connectivity index is 3.43. The summed E-state index contributed by atoms with van der Waals surface area (Å²) in [6.45, 7) is -3.23. The number of carbonyl (C=O) groups is 1. The third-order valence-corrected chi connectivity index (χ3v) is 1.85. The maximum atomic E-state index is 12.2. The molecule has 0 unspecified atom stereocenters. The number of halogens is 2. The summed E-state index contributed by atoms with van der Waals surface area (Å²) in [5.41, 5.74) is -0.907. The van der Waals surface area contributed by atoms with Crippen LogP contribution in [0, 0.1) is 11.3 Å². The average Bonchev–Trinajstić information content (AvgIpc) is 2.28. The van der Waals surface area contributed by atoms with Gasteiger partial charge in [0.1, 0.15) is 17.4 Å². The maximum Gasteiger partial charge on any atom is 0.387 e. The summed E-state index contributed by atoms with van der Waals surface area (Å²) in [5.74, 6) is -2.38. The van der Waals surface area contributed by atoms with Gasteiger partial charge in [-0.1, -0.05) is 0 Å². The van der Waals surface area contributed by atoms with Crippen molar-refractivity contribution in [3.8, 4) is 17.6 Å². The van der Waals surface area contributed by atoms with Crippen LogP contribution in [0.2, 0.25) is 0 Å². The second kappa shape index (κ2) is 5.12. The van der Waals surface area contributed by atoms with E-state index in [-0.39, 0.29) is 5.56 Å². The van der Waals surface area contributed by atoms with Crippen molar-refractivity contribution in [2.24, 2.45) is 0 Å². The van der Waals surface area contributed by atoms with Crippen LogP contribution in [0.5, 0.6) is 11.5 Å². The fourth-order valence-corrected chi connectivity index (χ4v) is 1.17. The number of alkyl halides is 2. The molecule has 0 atom stereocenters. The van der Waals surface area contributed by atoms with Crippen LogP contribution >= 0.6 is 0 Å². The minimum absolute atomic E-state index is 0.302. The molecular formula is C10H7F2NO4. The van der Waals surface area contributed by atoms with Crippen LogP contribution in [0.15, 0.2) is 12.1 Å². The van der Waals surface area contributed by atoms with Crippen LogP contribution in [0.3, 0.4) is 0 Å². The molecule has 1 N–H and O–H groups in total. The average molecular weight is 243 g/mol. The van der Waals surface area contributed by atoms with Crippen LogP contribution in [0.25, 0.3) is 0 Å². The number of carbonyl (C=O) groups excluding carboxylic acids is 1. The Morgan fingerprint density at radius 2 is 2.18 bits per heavy atom. The van der Waals surface area contributed by atoms with Gasteiger partial charge in [-0.05, 0) is 12.1 Å². The zero-order chi connectivity index (χ0) is 13.0. The Morgan fingerprint density at radius 1 is 1.53 bits per heavy atom. The Morgan fingerprint density at radius 3 is 2.65 bits per heavy atom. The van der Waals surface area contributed by atoms with Gasteiger partial charge in [0.2, 0.25) is 0 Å². The molecule has 0 amide bonds. The number of methoxy groups -OCH3 is 1. The number of rotatable bonds is 3. The van der Waals surface area contributed by atoms with Gasteiger partial charge in [-0.15, -0.1) is 0 Å². The van der Waals surface area contributed by atoms with Crippen molar-refractivity contribution in [2.45, 2.75) is 6.61 Å². The van der Waals surface area contributed by atoms with Crippen LogP contribution in [0.4, 0.5) is 8.78 Å². The van der Waals surface area contributed by atoms with Crippen molar-refractivity contribution in [1.82, 2.24) is 0 Å². The highest BCUT2D eigenvalue weighted by atomic mass is 19.3. The Labute approximate surface area is 94.8 Å². The summed E-state index contributed by atoms with van der Waals surface area (Å²) < 4.78 is 32.7. The highest BCUT2D eigenvalue weighted by Gasteiger charge is 2.24. The predicted octanol–water partition coefficient (Wildman–Crippen LogP) is 1.65. The number of phenols is 1. The van der Waals surface area contributed by atoms with Crippen molar-refractivity contribution in [1.29, 1.82) is 5.26 Å². The molecule has 0 aliphatic heterocycles. The highest BCUT2D eigenvalue weighted by Crippen LogP contribution is 2.33. The number of ether oxygens (including phenoxy) is 2. The van der Waals surface area contributed by atoms with Gasteiger partial charge in [-0.2, -0.15) is 14.0 Å². The van der Waals surface area contributed by atoms with Crippen LogP contribution in [-0.4, -0.2) is 24.8 Å². The minimum atomic E-state index is -3.23. The molecule has 17 heavy (non-hydrogen) atoms. The summed E-state index contributed by atoms with van der Waals surface area (Å²) in [6, 6.07) is 3.64. The Hall–Kier alpha value is -2.36. The van der Waals surface area contributed by atoms with Gasteiger partial charge in [0, 0.05) is 0 Å². The van der Waals surface area contributed by atoms with E-state index >= 15 is 0 Å². The molecular weight excluding hydrogens is 236 g/mol. The van der Waals surface area contributed by atoms with Crippen LogP contribution in [0.1, 0.15) is 15.9 Å². The van der Waals surface area contributed by atoms with Crippen molar-refractivity contribution in [2.75, 3.05) is 7.11 Å². The summed E-state index contributed by atoms with van der Waals surface area (Å²) >= 11 is 0. The van der Waals surface area contributed by atoms with Crippen molar-refractivity contribution < 1.29 is 28.2 Å². The summed E-state index contributed by atoms with van der Waals surface area (Å²) in [4.78, 5) is 11.3. The largest absolute Gasteiger partial charge is 0.507 e. The number of hydrogen-bond donors (Lipinski definition) is 1. The van der Waals surface area contributed by atoms with E-state index < -0.39 is 29.6 Å². The summed E-state index contributed by atoms with van der Waals surface area (Å²) in [5, 5.41) is 18.1. The molecule has 0 fully saturated rings. The quantitative estimate of drug-likeness (QED) is 0.816. The number of hydrogen-bond acceptors (Lipinski definition) is 5. The number of nitriles is 1. The van der Waals surface area contributed by atoms with E-state index in [9.17, 15) is 18.7 Å². The smallest absolute Gasteiger partial charge is 0.387 e. The van der Waals surface area contributed by atoms with Crippen molar-refractivity contribution in [3.05, 3.63) is 23.3 Å². The molecule has 1 aromatic carbocycles. The molecule has 0 aliphatic rings. The number of phenolic OH excluding ortho intramolecular Hbond substituents is 1. The molecule has 0 radical (unpaired) electrons. The van der Waals surface area contributed by atoms with Crippen molar-refractivity contribution in [3.63, 3.8) is 0 Å². The maximum absolute atomic E-state index is 12.2. The van der Waals surface area contributed by atoms with E-state index in [0.29, 0.717) is 0 Å². The normalized spacial score (nSPS) is 9.82. The highest BCUT2D eigenvalue weighted by molar-refractivity contribution is 5.96. The fourth-order valence-electron chi connectivity index (χ4n) is 1.17. The van der Waals surface area contributed by atoms with E-state index in [2.05, 4.69) is 9.47 Å². The first-order chi connectivity index (χ1) is 8.01. The topological polar surface area (TPSA) is 79.5 Å². The van der Waals surface area contributed by atoms with E-state index in [1.807, 2.05) is 0 Å². The van der Waals surface area contributed by atoms with E-state index in [4.69, 9.17) is 5.26 Å². The van der Waals surface area contributed by atoms with Gasteiger partial charge in [0.25, 0.3) is 0 Å². The number of aromatic hydroxyl groups is 1. The van der Waals surface area contributed by atoms with E-state index in [1.165, 1.54) is 0 Å². The molecule has 0 aromatic heterocycles. The molecule has 5 nitrogen and oxygen atoms in total. The van der Waals surface area contributed by atoms with E-state index in [0.717, 1.165) is 19.2 Å². The lowest BCUT2D eigenvalue weighted by Gasteiger charge is -2.11. The first-order valence-electron chi connectivity index (χ1n) is 4.30. The summed E-state index contributed by atoms with van der Waals surface area (Å²) in [6.07, 6.45) is 0. The van der Waals surface area contributed by atoms with Gasteiger partial charge in [0.05, 0.1) is 12.7 Å². The number of nitrogens with zero attached hydrogens (tertiary/aromatic N) is 1. The lowest BCUT2D eigenvalue weighted by atomic mass is 10.1. The SMILES string of the molecule is COC(=O)c1c(O)ccc(C#N)c1OC(F)F. The lowest BCUT2D eigenvalue weighted by Crippen LogP contribution is -2.11. The standard InChI is InChI=1S/C10H7F2NO4/c1-16-9(15)7-6(14)3-2-5(4-13)8(7)17-10(11)12/h2-3,10,14H,1H3. The third-order valence-electron chi connectivity index (χ3n) is 1.85. The van der Waals surface area contributed by atoms with E-state index in [1.54, 1.807) is 6.07 Å². The van der Waals surface area contributed by atoms with Crippen LogP contribution in [-0.2, 0) is 4.74 Å². The predicted molar refractivity (Wildman–Crippen MR) is 50.8 cm³/mol. The second-order valence-electron chi connectivity index (χ2n) is 2.82. The molecule has 1 rings (SSSR count). The molecule has 0 saturated carbocycles. The number of benzene rings is 1. The molecule has 0 heterocycles. The molecule has 1 aromatic rings. The summed E-state index contributed by atoms with van der Waals surface area (Å²) in [7, 11) is 1.01. The van der Waals surface area contributed by atoms with Gasteiger partial charge < -0.3 is 14.6 Å². The third kappa shape index (κ3) is 2.60. The first kappa shape index (κ1) is 12.7. The fraction of sp³-hybridized carbons (Fsp3) is 0.200. The van der Waals surface area contributed by atoms with Crippen molar-refractivity contribution >= 4 is 5.97 Å². The molecule has 7 heteroatoms. The van der Waals surface area contributed by atoms with Crippen LogP contribution < -0.4 is 4.74 Å². The monoisotopic (exact) mass is 243 g/mol. The molecule has 0 saturated heterocycles.